The molecule has 0 saturated carbocycles. The number of rotatable bonds is 1. The van der Waals surface area contributed by atoms with Crippen LogP contribution in [-0.2, 0) is 4.74 Å². The molecule has 2 aromatic rings. The molecule has 0 aliphatic carbocycles. The third-order valence-corrected chi connectivity index (χ3v) is 3.52. The molecular weight excluding hydrogens is 292 g/mol. The van der Waals surface area contributed by atoms with E-state index in [-0.39, 0.29) is 0 Å². The Balaban J connectivity index is 1.87. The van der Waals surface area contributed by atoms with E-state index in [1.807, 2.05) is 48.5 Å². The number of methoxy groups -OCH3 is 1. The summed E-state index contributed by atoms with van der Waals surface area (Å²) in [7, 11) is 1.64. The van der Waals surface area contributed by atoms with E-state index in [0.29, 0.717) is 26.4 Å². The molecule has 0 radical (unpaired) electrons. The fraction of sp³-hybridized carbons (Fsp3) is 0.263. The fourth-order valence-electron chi connectivity index (χ4n) is 2.31. The standard InChI is InChI=1S/C19H20O4/c1-20-19-14-16-3-2-15-4-7-17(8-5-15)22-12-10-21-11-13-23-18(19)9-6-16/h2-9,14H,10-13H2,1H3/b3-2-. The molecule has 0 atom stereocenters. The van der Waals surface area contributed by atoms with Gasteiger partial charge in [-0.05, 0) is 35.4 Å². The summed E-state index contributed by atoms with van der Waals surface area (Å²) in [5, 5.41) is 0. The van der Waals surface area contributed by atoms with Crippen molar-refractivity contribution in [1.29, 1.82) is 0 Å². The quantitative estimate of drug-likeness (QED) is 0.805. The summed E-state index contributed by atoms with van der Waals surface area (Å²) in [6.07, 6.45) is 4.10. The summed E-state index contributed by atoms with van der Waals surface area (Å²) in [6, 6.07) is 13.9. The highest BCUT2D eigenvalue weighted by atomic mass is 16.6. The first-order valence-corrected chi connectivity index (χ1v) is 7.65. The second kappa shape index (κ2) is 7.70. The van der Waals surface area contributed by atoms with Crippen molar-refractivity contribution in [2.45, 2.75) is 0 Å². The molecule has 4 heterocycles. The predicted molar refractivity (Wildman–Crippen MR) is 90.2 cm³/mol. The van der Waals surface area contributed by atoms with Crippen LogP contribution < -0.4 is 14.2 Å². The Morgan fingerprint density at radius 2 is 1.48 bits per heavy atom. The lowest BCUT2D eigenvalue weighted by Gasteiger charge is -2.11. The van der Waals surface area contributed by atoms with Gasteiger partial charge in [-0.1, -0.05) is 30.4 Å². The summed E-state index contributed by atoms with van der Waals surface area (Å²) in [6.45, 7) is 2.03. The Labute approximate surface area is 136 Å². The lowest BCUT2D eigenvalue weighted by atomic mass is 10.1. The van der Waals surface area contributed by atoms with E-state index >= 15 is 0 Å². The Hall–Kier alpha value is -2.46. The van der Waals surface area contributed by atoms with Crippen LogP contribution in [0.25, 0.3) is 12.2 Å². The van der Waals surface area contributed by atoms with Gasteiger partial charge in [-0.15, -0.1) is 0 Å². The molecule has 0 fully saturated rings. The second-order valence-electron chi connectivity index (χ2n) is 5.12. The number of hydrogen-bond donors (Lipinski definition) is 0. The van der Waals surface area contributed by atoms with Gasteiger partial charge in [-0.2, -0.15) is 0 Å². The normalized spacial score (nSPS) is 16.2. The molecule has 2 aromatic carbocycles. The Morgan fingerprint density at radius 3 is 2.26 bits per heavy atom. The van der Waals surface area contributed by atoms with E-state index in [1.165, 1.54) is 0 Å². The summed E-state index contributed by atoms with van der Waals surface area (Å²) < 4.78 is 22.3. The molecule has 23 heavy (non-hydrogen) atoms. The average molecular weight is 312 g/mol. The molecule has 4 heteroatoms. The summed E-state index contributed by atoms with van der Waals surface area (Å²) in [5.41, 5.74) is 2.16. The molecule has 4 bridgehead atoms. The first kappa shape index (κ1) is 15.4. The topological polar surface area (TPSA) is 36.9 Å². The number of hydrogen-bond acceptors (Lipinski definition) is 4. The maximum atomic E-state index is 5.71. The van der Waals surface area contributed by atoms with E-state index in [2.05, 4.69) is 6.08 Å². The van der Waals surface area contributed by atoms with E-state index < -0.39 is 0 Å². The highest BCUT2D eigenvalue weighted by Gasteiger charge is 2.05. The molecule has 0 saturated heterocycles. The summed E-state index contributed by atoms with van der Waals surface area (Å²) in [5.74, 6) is 2.28. The third-order valence-electron chi connectivity index (χ3n) is 3.52. The third kappa shape index (κ3) is 4.27. The zero-order chi connectivity index (χ0) is 15.9. The van der Waals surface area contributed by atoms with Gasteiger partial charge in [-0.25, -0.2) is 0 Å². The minimum atomic E-state index is 0.472. The van der Waals surface area contributed by atoms with Gasteiger partial charge in [-0.3, -0.25) is 0 Å². The molecule has 120 valence electrons. The SMILES string of the molecule is COc1cc2ccc1OCCOCCOc1ccc(cc1)/C=C\2. The Morgan fingerprint density at radius 1 is 0.783 bits per heavy atom. The van der Waals surface area contributed by atoms with Crippen LogP contribution in [0.5, 0.6) is 17.2 Å². The van der Waals surface area contributed by atoms with Gasteiger partial charge in [0, 0.05) is 0 Å². The maximum absolute atomic E-state index is 5.71. The highest BCUT2D eigenvalue weighted by molar-refractivity contribution is 5.71. The van der Waals surface area contributed by atoms with Crippen LogP contribution in [0.3, 0.4) is 0 Å². The molecule has 0 unspecified atom stereocenters. The second-order valence-corrected chi connectivity index (χ2v) is 5.12. The predicted octanol–water partition coefficient (Wildman–Crippen LogP) is 3.65. The fourth-order valence-corrected chi connectivity index (χ4v) is 2.31. The molecule has 0 spiro atoms. The van der Waals surface area contributed by atoms with Gasteiger partial charge in [0.25, 0.3) is 0 Å². The van der Waals surface area contributed by atoms with Crippen LogP contribution in [0, 0.1) is 0 Å². The van der Waals surface area contributed by atoms with Crippen molar-refractivity contribution in [2.24, 2.45) is 0 Å². The van der Waals surface area contributed by atoms with E-state index in [1.54, 1.807) is 7.11 Å². The van der Waals surface area contributed by atoms with Crippen LogP contribution >= 0.6 is 0 Å². The molecule has 4 aliphatic heterocycles. The Bertz CT molecular complexity index is 662. The zero-order valence-corrected chi connectivity index (χ0v) is 13.2. The highest BCUT2D eigenvalue weighted by Crippen LogP contribution is 2.29. The van der Waals surface area contributed by atoms with Crippen molar-refractivity contribution in [3.8, 4) is 17.2 Å². The lowest BCUT2D eigenvalue weighted by molar-refractivity contribution is 0.0757. The minimum absolute atomic E-state index is 0.472. The van der Waals surface area contributed by atoms with Gasteiger partial charge < -0.3 is 18.9 Å². The molecular formula is C19H20O4. The van der Waals surface area contributed by atoms with Crippen molar-refractivity contribution in [2.75, 3.05) is 33.5 Å². The largest absolute Gasteiger partial charge is 0.493 e. The van der Waals surface area contributed by atoms with Crippen LogP contribution in [-0.4, -0.2) is 33.5 Å². The summed E-state index contributed by atoms with van der Waals surface area (Å²) in [4.78, 5) is 0. The first-order valence-electron chi connectivity index (χ1n) is 7.65. The maximum Gasteiger partial charge on any atom is 0.161 e. The van der Waals surface area contributed by atoms with Crippen molar-refractivity contribution in [3.05, 3.63) is 53.6 Å². The molecule has 4 nitrogen and oxygen atoms in total. The van der Waals surface area contributed by atoms with Gasteiger partial charge in [0.2, 0.25) is 0 Å². The van der Waals surface area contributed by atoms with Gasteiger partial charge >= 0.3 is 0 Å². The van der Waals surface area contributed by atoms with Crippen molar-refractivity contribution >= 4 is 12.2 Å². The van der Waals surface area contributed by atoms with Crippen LogP contribution in [0.15, 0.2) is 42.5 Å². The monoisotopic (exact) mass is 312 g/mol. The molecule has 4 aliphatic rings. The first-order chi connectivity index (χ1) is 11.3. The van der Waals surface area contributed by atoms with Crippen molar-refractivity contribution in [3.63, 3.8) is 0 Å². The summed E-state index contributed by atoms with van der Waals surface area (Å²) >= 11 is 0. The smallest absolute Gasteiger partial charge is 0.161 e. The number of benzene rings is 2. The van der Waals surface area contributed by atoms with Crippen LogP contribution in [0.1, 0.15) is 11.1 Å². The van der Waals surface area contributed by atoms with Crippen molar-refractivity contribution in [1.82, 2.24) is 0 Å². The molecule has 0 N–H and O–H groups in total. The van der Waals surface area contributed by atoms with Gasteiger partial charge in [0.15, 0.2) is 11.5 Å². The molecule has 6 rings (SSSR count). The van der Waals surface area contributed by atoms with Gasteiger partial charge in [0.05, 0.1) is 20.3 Å². The minimum Gasteiger partial charge on any atom is -0.493 e. The molecule has 0 amide bonds. The molecule has 0 aromatic heterocycles. The van der Waals surface area contributed by atoms with E-state index in [0.717, 1.165) is 28.4 Å². The lowest BCUT2D eigenvalue weighted by Crippen LogP contribution is -2.12. The van der Waals surface area contributed by atoms with Crippen molar-refractivity contribution < 1.29 is 18.9 Å². The van der Waals surface area contributed by atoms with E-state index in [9.17, 15) is 0 Å². The Kier molecular flexibility index (Phi) is 5.17. The van der Waals surface area contributed by atoms with E-state index in [4.69, 9.17) is 18.9 Å². The van der Waals surface area contributed by atoms with Gasteiger partial charge in [0.1, 0.15) is 19.0 Å². The van der Waals surface area contributed by atoms with Crippen LogP contribution in [0.4, 0.5) is 0 Å². The van der Waals surface area contributed by atoms with Crippen LogP contribution in [0.2, 0.25) is 0 Å². The zero-order valence-electron chi connectivity index (χ0n) is 13.2. The average Bonchev–Trinajstić information content (AvgIpc) is 2.60. The number of ether oxygens (including phenoxy) is 4.